The van der Waals surface area contributed by atoms with Crippen LogP contribution >= 0.6 is 0 Å². The minimum Gasteiger partial charge on any atom is -0.373 e. The summed E-state index contributed by atoms with van der Waals surface area (Å²) in [4.78, 5) is 13.2. The van der Waals surface area contributed by atoms with Crippen molar-refractivity contribution < 1.29 is 13.9 Å². The van der Waals surface area contributed by atoms with E-state index in [2.05, 4.69) is 65.5 Å². The molecule has 1 aromatic heterocycles. The number of nitrogens with zero attached hydrogens (tertiary/aromatic N) is 1. The molecule has 0 aliphatic carbocycles. The molecule has 0 unspecified atom stereocenters. The number of nitrogens with one attached hydrogen (secondary N) is 1. The summed E-state index contributed by atoms with van der Waals surface area (Å²) in [5.74, 6) is -0.104. The fourth-order valence-corrected chi connectivity index (χ4v) is 5.43. The summed E-state index contributed by atoms with van der Waals surface area (Å²) >= 11 is 0. The third kappa shape index (κ3) is 6.28. The smallest absolute Gasteiger partial charge is 0.220 e. The molecule has 1 aliphatic rings. The molecule has 37 heavy (non-hydrogen) atoms. The maximum Gasteiger partial charge on any atom is 0.220 e. The Morgan fingerprint density at radius 1 is 1.03 bits per heavy atom. The molecule has 4 aromatic rings. The molecule has 1 aliphatic heterocycles. The number of rotatable bonds is 10. The van der Waals surface area contributed by atoms with Gasteiger partial charge in [-0.3, -0.25) is 4.79 Å². The average molecular weight is 499 g/mol. The number of fused-ring (bicyclic) bond motifs is 1. The Labute approximate surface area is 218 Å². The second-order valence-corrected chi connectivity index (χ2v) is 10.5. The van der Waals surface area contributed by atoms with Crippen LogP contribution in [0.4, 0.5) is 4.39 Å². The molecule has 2 heterocycles. The maximum absolute atomic E-state index is 13.5. The molecule has 5 heteroatoms. The number of aryl methyl sites for hydroxylation is 1. The molecule has 192 valence electrons. The number of amides is 1. The van der Waals surface area contributed by atoms with E-state index in [1.165, 1.54) is 28.6 Å². The number of halogens is 1. The number of ether oxygens (including phenoxy) is 1. The molecule has 5 rings (SSSR count). The van der Waals surface area contributed by atoms with Crippen LogP contribution in [0.15, 0.2) is 85.1 Å². The van der Waals surface area contributed by atoms with E-state index in [0.717, 1.165) is 43.4 Å². The number of hydrogen-bond acceptors (Lipinski definition) is 2. The van der Waals surface area contributed by atoms with Crippen molar-refractivity contribution >= 4 is 16.8 Å². The van der Waals surface area contributed by atoms with Gasteiger partial charge in [0.15, 0.2) is 0 Å². The van der Waals surface area contributed by atoms with Crippen LogP contribution in [-0.2, 0) is 22.5 Å². The standard InChI is InChI=1S/C32H35FN2O2/c1-32(18-7-19-37-32)23-34-31(36)20-26(15-12-24-8-3-2-4-9-24)29-22-35(30-11-6-5-10-28(29)30)21-25-13-16-27(33)17-14-25/h2-6,8-11,13-14,16-17,22,26H,7,12,15,18-21,23H2,1H3,(H,34,36)/t26-,32+/m1/s1. The van der Waals surface area contributed by atoms with E-state index in [1.807, 2.05) is 24.3 Å². The molecule has 4 nitrogen and oxygen atoms in total. The summed E-state index contributed by atoms with van der Waals surface area (Å²) in [5.41, 5.74) is 4.36. The zero-order chi connectivity index (χ0) is 25.7. The van der Waals surface area contributed by atoms with Crippen LogP contribution in [0.5, 0.6) is 0 Å². The van der Waals surface area contributed by atoms with Gasteiger partial charge in [-0.05, 0) is 73.4 Å². The summed E-state index contributed by atoms with van der Waals surface area (Å²) in [5, 5.41) is 4.33. The lowest BCUT2D eigenvalue weighted by Crippen LogP contribution is -2.40. The van der Waals surface area contributed by atoms with Crippen molar-refractivity contribution in [2.24, 2.45) is 0 Å². The van der Waals surface area contributed by atoms with Crippen molar-refractivity contribution in [2.45, 2.75) is 57.1 Å². The van der Waals surface area contributed by atoms with Crippen molar-refractivity contribution in [1.29, 1.82) is 0 Å². The molecule has 0 spiro atoms. The summed E-state index contributed by atoms with van der Waals surface area (Å²) in [6.45, 7) is 4.04. The van der Waals surface area contributed by atoms with Gasteiger partial charge in [0.1, 0.15) is 5.82 Å². The highest BCUT2D eigenvalue weighted by Crippen LogP contribution is 2.34. The molecular weight excluding hydrogens is 463 g/mol. The van der Waals surface area contributed by atoms with Gasteiger partial charge in [-0.15, -0.1) is 0 Å². The van der Waals surface area contributed by atoms with Gasteiger partial charge in [0, 0.05) is 43.2 Å². The van der Waals surface area contributed by atoms with Crippen LogP contribution in [0.1, 0.15) is 55.2 Å². The lowest BCUT2D eigenvalue weighted by atomic mass is 9.89. The molecule has 0 saturated carbocycles. The van der Waals surface area contributed by atoms with Crippen LogP contribution in [-0.4, -0.2) is 29.2 Å². The first-order chi connectivity index (χ1) is 18.0. The summed E-state index contributed by atoms with van der Waals surface area (Å²) in [6.07, 6.45) is 6.40. The van der Waals surface area contributed by atoms with Gasteiger partial charge in [0.25, 0.3) is 0 Å². The van der Waals surface area contributed by atoms with Gasteiger partial charge >= 0.3 is 0 Å². The number of carbonyl (C=O) groups excluding carboxylic acids is 1. The van der Waals surface area contributed by atoms with Crippen LogP contribution in [0.25, 0.3) is 10.9 Å². The largest absolute Gasteiger partial charge is 0.373 e. The molecule has 0 radical (unpaired) electrons. The van der Waals surface area contributed by atoms with E-state index in [-0.39, 0.29) is 23.2 Å². The van der Waals surface area contributed by atoms with Crippen LogP contribution in [0.3, 0.4) is 0 Å². The van der Waals surface area contributed by atoms with E-state index in [9.17, 15) is 9.18 Å². The first-order valence-corrected chi connectivity index (χ1v) is 13.3. The Hall–Kier alpha value is -3.44. The highest BCUT2D eigenvalue weighted by molar-refractivity contribution is 5.86. The number of aromatic nitrogens is 1. The fraction of sp³-hybridized carbons (Fsp3) is 0.344. The molecule has 1 saturated heterocycles. The summed E-state index contributed by atoms with van der Waals surface area (Å²) in [7, 11) is 0. The monoisotopic (exact) mass is 498 g/mol. The van der Waals surface area contributed by atoms with Crippen molar-refractivity contribution in [3.8, 4) is 0 Å². The number of hydrogen-bond donors (Lipinski definition) is 1. The molecule has 3 aromatic carbocycles. The SMILES string of the molecule is C[C@@]1(CNC(=O)C[C@@H](CCc2ccccc2)c2cn(Cc3ccc(F)cc3)c3ccccc23)CCCO1. The minimum atomic E-state index is -0.264. The highest BCUT2D eigenvalue weighted by atomic mass is 19.1. The van der Waals surface area contributed by atoms with Crippen molar-refractivity contribution in [1.82, 2.24) is 9.88 Å². The van der Waals surface area contributed by atoms with E-state index in [4.69, 9.17) is 4.74 Å². The van der Waals surface area contributed by atoms with Gasteiger partial charge in [0.2, 0.25) is 5.91 Å². The molecule has 2 atom stereocenters. The summed E-state index contributed by atoms with van der Waals surface area (Å²) in [6, 6.07) is 25.5. The van der Waals surface area contributed by atoms with E-state index in [0.29, 0.717) is 19.5 Å². The van der Waals surface area contributed by atoms with Gasteiger partial charge in [-0.1, -0.05) is 60.7 Å². The lowest BCUT2D eigenvalue weighted by Gasteiger charge is -2.24. The van der Waals surface area contributed by atoms with Gasteiger partial charge in [-0.2, -0.15) is 0 Å². The molecule has 1 N–H and O–H groups in total. The Balaban J connectivity index is 1.40. The Morgan fingerprint density at radius 3 is 2.54 bits per heavy atom. The van der Waals surface area contributed by atoms with E-state index in [1.54, 1.807) is 0 Å². The highest BCUT2D eigenvalue weighted by Gasteiger charge is 2.30. The molecule has 1 fully saturated rings. The maximum atomic E-state index is 13.5. The molecule has 1 amide bonds. The predicted octanol–water partition coefficient (Wildman–Crippen LogP) is 6.62. The lowest BCUT2D eigenvalue weighted by molar-refractivity contribution is -0.122. The van der Waals surface area contributed by atoms with Crippen LogP contribution in [0.2, 0.25) is 0 Å². The second-order valence-electron chi connectivity index (χ2n) is 10.5. The average Bonchev–Trinajstić information content (AvgIpc) is 3.52. The Bertz CT molecular complexity index is 1320. The first kappa shape index (κ1) is 25.2. The topological polar surface area (TPSA) is 43.3 Å². The first-order valence-electron chi connectivity index (χ1n) is 13.3. The minimum absolute atomic E-state index is 0.0603. The zero-order valence-electron chi connectivity index (χ0n) is 21.5. The summed E-state index contributed by atoms with van der Waals surface area (Å²) < 4.78 is 21.6. The van der Waals surface area contributed by atoms with Gasteiger partial charge in [-0.25, -0.2) is 4.39 Å². The quantitative estimate of drug-likeness (QED) is 0.267. The third-order valence-corrected chi connectivity index (χ3v) is 7.54. The second kappa shape index (κ2) is 11.3. The number of carbonyl (C=O) groups is 1. The fourth-order valence-electron chi connectivity index (χ4n) is 5.43. The molecular formula is C32H35FN2O2. The van der Waals surface area contributed by atoms with Crippen LogP contribution in [0, 0.1) is 5.82 Å². The normalized spacial score (nSPS) is 18.2. The van der Waals surface area contributed by atoms with Crippen LogP contribution < -0.4 is 5.32 Å². The number of para-hydroxylation sites is 1. The van der Waals surface area contributed by atoms with E-state index < -0.39 is 0 Å². The molecule has 0 bridgehead atoms. The predicted molar refractivity (Wildman–Crippen MR) is 146 cm³/mol. The third-order valence-electron chi connectivity index (χ3n) is 7.54. The van der Waals surface area contributed by atoms with Crippen molar-refractivity contribution in [3.63, 3.8) is 0 Å². The van der Waals surface area contributed by atoms with E-state index >= 15 is 0 Å². The Kier molecular flexibility index (Phi) is 7.71. The van der Waals surface area contributed by atoms with Crippen molar-refractivity contribution in [3.05, 3.63) is 108 Å². The number of benzene rings is 3. The zero-order valence-corrected chi connectivity index (χ0v) is 21.5. The van der Waals surface area contributed by atoms with Crippen molar-refractivity contribution in [2.75, 3.05) is 13.2 Å². The Morgan fingerprint density at radius 2 is 1.78 bits per heavy atom. The van der Waals surface area contributed by atoms with Gasteiger partial charge in [0.05, 0.1) is 5.60 Å². The van der Waals surface area contributed by atoms with Gasteiger partial charge < -0.3 is 14.6 Å².